The van der Waals surface area contributed by atoms with E-state index in [-0.39, 0.29) is 28.8 Å². The monoisotopic (exact) mass is 264 g/mol. The van der Waals surface area contributed by atoms with Crippen molar-refractivity contribution < 1.29 is 13.5 Å². The van der Waals surface area contributed by atoms with Crippen LogP contribution in [-0.2, 0) is 10.0 Å². The van der Waals surface area contributed by atoms with Crippen molar-refractivity contribution in [3.63, 3.8) is 0 Å². The third kappa shape index (κ3) is 2.46. The summed E-state index contributed by atoms with van der Waals surface area (Å²) >= 11 is 5.81. The van der Waals surface area contributed by atoms with E-state index in [1.807, 2.05) is 0 Å². The van der Waals surface area contributed by atoms with Gasteiger partial charge in [-0.05, 0) is 12.1 Å². The van der Waals surface area contributed by atoms with Gasteiger partial charge in [-0.15, -0.1) is 0 Å². The van der Waals surface area contributed by atoms with Gasteiger partial charge in [-0.1, -0.05) is 17.7 Å². The van der Waals surface area contributed by atoms with Crippen molar-refractivity contribution in [2.75, 3.05) is 25.9 Å². The van der Waals surface area contributed by atoms with Gasteiger partial charge in [0.05, 0.1) is 17.3 Å². The molecule has 0 amide bonds. The van der Waals surface area contributed by atoms with Crippen LogP contribution in [0.3, 0.4) is 0 Å². The summed E-state index contributed by atoms with van der Waals surface area (Å²) in [5, 5.41) is 8.79. The molecule has 0 unspecified atom stereocenters. The topological polar surface area (TPSA) is 83.6 Å². The highest BCUT2D eigenvalue weighted by molar-refractivity contribution is 7.89. The molecule has 0 saturated carbocycles. The Balaban J connectivity index is 3.27. The molecule has 0 aromatic heterocycles. The summed E-state index contributed by atoms with van der Waals surface area (Å²) in [6.45, 7) is -0.271. The van der Waals surface area contributed by atoms with Crippen LogP contribution in [0.15, 0.2) is 23.1 Å². The number of nitrogens with two attached hydrogens (primary N) is 1. The number of sulfonamides is 1. The molecule has 5 nitrogen and oxygen atoms in total. The van der Waals surface area contributed by atoms with Gasteiger partial charge >= 0.3 is 0 Å². The summed E-state index contributed by atoms with van der Waals surface area (Å²) < 4.78 is 25.0. The van der Waals surface area contributed by atoms with Crippen LogP contribution in [0.4, 0.5) is 5.69 Å². The van der Waals surface area contributed by atoms with Crippen molar-refractivity contribution in [3.8, 4) is 0 Å². The minimum atomic E-state index is -3.75. The van der Waals surface area contributed by atoms with Crippen molar-refractivity contribution in [3.05, 3.63) is 23.2 Å². The number of aliphatic hydroxyl groups excluding tert-OH is 1. The van der Waals surface area contributed by atoms with Crippen molar-refractivity contribution >= 4 is 27.3 Å². The maximum absolute atomic E-state index is 12.0. The van der Waals surface area contributed by atoms with E-state index in [0.717, 1.165) is 4.31 Å². The number of hydrogen-bond acceptors (Lipinski definition) is 4. The van der Waals surface area contributed by atoms with E-state index < -0.39 is 10.0 Å². The molecular weight excluding hydrogens is 252 g/mol. The summed E-state index contributed by atoms with van der Waals surface area (Å²) in [6, 6.07) is 4.49. The molecule has 0 atom stereocenters. The third-order valence-corrected chi connectivity index (χ3v) is 4.48. The molecule has 0 spiro atoms. The van der Waals surface area contributed by atoms with Gasteiger partial charge in [0.25, 0.3) is 0 Å². The van der Waals surface area contributed by atoms with Crippen LogP contribution in [-0.4, -0.2) is 38.0 Å². The molecule has 0 saturated heterocycles. The predicted octanol–water partition coefficient (Wildman–Crippen LogP) is 0.535. The Labute approximate surface area is 99.5 Å². The summed E-state index contributed by atoms with van der Waals surface area (Å²) in [6.07, 6.45) is 0. The lowest BCUT2D eigenvalue weighted by atomic mass is 10.3. The van der Waals surface area contributed by atoms with Crippen molar-refractivity contribution in [2.24, 2.45) is 0 Å². The second-order valence-corrected chi connectivity index (χ2v) is 5.60. The minimum Gasteiger partial charge on any atom is -0.398 e. The second-order valence-electron chi connectivity index (χ2n) is 3.21. The van der Waals surface area contributed by atoms with Crippen molar-refractivity contribution in [2.45, 2.75) is 4.90 Å². The Bertz CT molecular complexity index is 455. The Morgan fingerprint density at radius 2 is 2.12 bits per heavy atom. The third-order valence-electron chi connectivity index (χ3n) is 2.08. The quantitative estimate of drug-likeness (QED) is 0.778. The summed E-state index contributed by atoms with van der Waals surface area (Å²) in [5.41, 5.74) is 5.68. The predicted molar refractivity (Wildman–Crippen MR) is 62.8 cm³/mol. The molecule has 3 N–H and O–H groups in total. The number of rotatable bonds is 4. The van der Waals surface area contributed by atoms with E-state index in [4.69, 9.17) is 22.4 Å². The lowest BCUT2D eigenvalue weighted by Crippen LogP contribution is -2.30. The van der Waals surface area contributed by atoms with Crippen LogP contribution in [0, 0.1) is 0 Å². The van der Waals surface area contributed by atoms with Gasteiger partial charge in [0.2, 0.25) is 10.0 Å². The molecule has 0 aliphatic heterocycles. The largest absolute Gasteiger partial charge is 0.398 e. The lowest BCUT2D eigenvalue weighted by Gasteiger charge is -2.17. The first-order valence-electron chi connectivity index (χ1n) is 4.52. The van der Waals surface area contributed by atoms with Crippen LogP contribution in [0.2, 0.25) is 5.02 Å². The Kier molecular flexibility index (Phi) is 4.15. The van der Waals surface area contributed by atoms with Crippen LogP contribution >= 0.6 is 11.6 Å². The molecule has 0 heterocycles. The highest BCUT2D eigenvalue weighted by Gasteiger charge is 2.25. The normalized spacial score (nSPS) is 12.0. The lowest BCUT2D eigenvalue weighted by molar-refractivity contribution is 0.266. The number of benzene rings is 1. The fourth-order valence-electron chi connectivity index (χ4n) is 1.21. The maximum atomic E-state index is 12.0. The van der Waals surface area contributed by atoms with Crippen molar-refractivity contribution in [1.82, 2.24) is 4.31 Å². The molecule has 90 valence electrons. The molecule has 0 bridgehead atoms. The van der Waals surface area contributed by atoms with E-state index in [0.29, 0.717) is 0 Å². The van der Waals surface area contributed by atoms with Crippen LogP contribution in [0.1, 0.15) is 0 Å². The van der Waals surface area contributed by atoms with E-state index in [1.165, 1.54) is 19.2 Å². The SMILES string of the molecule is CN(CCO)S(=O)(=O)c1c(N)cccc1Cl. The molecule has 0 aliphatic rings. The Hall–Kier alpha value is -0.820. The fraction of sp³-hybridized carbons (Fsp3) is 0.333. The number of likely N-dealkylation sites (N-methyl/N-ethyl adjacent to an activating group) is 1. The van der Waals surface area contributed by atoms with E-state index in [1.54, 1.807) is 6.07 Å². The van der Waals surface area contributed by atoms with Gasteiger partial charge in [0.15, 0.2) is 0 Å². The smallest absolute Gasteiger partial charge is 0.246 e. The summed E-state index contributed by atoms with van der Waals surface area (Å²) in [4.78, 5) is -0.118. The maximum Gasteiger partial charge on any atom is 0.246 e. The van der Waals surface area contributed by atoms with Crippen molar-refractivity contribution in [1.29, 1.82) is 0 Å². The van der Waals surface area contributed by atoms with Gasteiger partial charge in [0.1, 0.15) is 4.90 Å². The van der Waals surface area contributed by atoms with Gasteiger partial charge in [-0.3, -0.25) is 0 Å². The van der Waals surface area contributed by atoms with Gasteiger partial charge < -0.3 is 10.8 Å². The highest BCUT2D eigenvalue weighted by Crippen LogP contribution is 2.29. The zero-order valence-electron chi connectivity index (χ0n) is 8.72. The van der Waals surface area contributed by atoms with Gasteiger partial charge in [-0.25, -0.2) is 8.42 Å². The van der Waals surface area contributed by atoms with E-state index in [2.05, 4.69) is 0 Å². The van der Waals surface area contributed by atoms with Crippen LogP contribution < -0.4 is 5.73 Å². The standard InChI is InChI=1S/C9H13ClN2O3S/c1-12(5-6-13)16(14,15)9-7(10)3-2-4-8(9)11/h2-4,13H,5-6,11H2,1H3. The van der Waals surface area contributed by atoms with Gasteiger partial charge in [-0.2, -0.15) is 4.31 Å². The zero-order valence-corrected chi connectivity index (χ0v) is 10.3. The zero-order chi connectivity index (χ0) is 12.3. The first kappa shape index (κ1) is 13.2. The molecule has 7 heteroatoms. The molecular formula is C9H13ClN2O3S. The van der Waals surface area contributed by atoms with Crippen LogP contribution in [0.25, 0.3) is 0 Å². The average molecular weight is 265 g/mol. The fourth-order valence-corrected chi connectivity index (χ4v) is 3.00. The number of hydrogen-bond donors (Lipinski definition) is 2. The Morgan fingerprint density at radius 3 is 2.62 bits per heavy atom. The summed E-state index contributed by atoms with van der Waals surface area (Å²) in [5.74, 6) is 0. The number of halogens is 1. The van der Waals surface area contributed by atoms with E-state index >= 15 is 0 Å². The van der Waals surface area contributed by atoms with Crippen LogP contribution in [0.5, 0.6) is 0 Å². The number of anilines is 1. The minimum absolute atomic E-state index is 0.00695. The Morgan fingerprint density at radius 1 is 1.50 bits per heavy atom. The first-order chi connectivity index (χ1) is 7.41. The summed E-state index contributed by atoms with van der Waals surface area (Å²) in [7, 11) is -2.39. The number of nitrogen functional groups attached to an aromatic ring is 1. The molecule has 0 aliphatic carbocycles. The molecule has 1 aromatic rings. The van der Waals surface area contributed by atoms with Gasteiger partial charge in [0, 0.05) is 13.6 Å². The second kappa shape index (κ2) is 5.01. The highest BCUT2D eigenvalue weighted by atomic mass is 35.5. The molecule has 0 fully saturated rings. The van der Waals surface area contributed by atoms with E-state index in [9.17, 15) is 8.42 Å². The molecule has 1 rings (SSSR count). The molecule has 16 heavy (non-hydrogen) atoms. The molecule has 1 aromatic carbocycles. The number of nitrogens with zero attached hydrogens (tertiary/aromatic N) is 1. The average Bonchev–Trinajstić information content (AvgIpc) is 2.17. The number of aliphatic hydroxyl groups is 1. The molecule has 0 radical (unpaired) electrons. The first-order valence-corrected chi connectivity index (χ1v) is 6.34.